The summed E-state index contributed by atoms with van der Waals surface area (Å²) in [6, 6.07) is 1.19. The Hall–Kier alpha value is -0.120. The van der Waals surface area contributed by atoms with Gasteiger partial charge in [-0.2, -0.15) is 0 Å². The van der Waals surface area contributed by atoms with Crippen molar-refractivity contribution in [3.8, 4) is 0 Å². The molecule has 0 saturated carbocycles. The molecule has 0 radical (unpaired) electrons. The molecule has 2 heterocycles. The van der Waals surface area contributed by atoms with Gasteiger partial charge in [-0.3, -0.25) is 0 Å². The third-order valence-electron chi connectivity index (χ3n) is 4.08. The fourth-order valence-corrected chi connectivity index (χ4v) is 2.87. The highest BCUT2D eigenvalue weighted by Gasteiger charge is 2.26. The summed E-state index contributed by atoms with van der Waals surface area (Å²) >= 11 is 0. The molecule has 0 aliphatic carbocycles. The predicted molar refractivity (Wildman–Crippen MR) is 63.8 cm³/mol. The van der Waals surface area contributed by atoms with Gasteiger partial charge in [0.25, 0.3) is 0 Å². The lowest BCUT2D eigenvalue weighted by Gasteiger charge is -2.39. The zero-order valence-electron chi connectivity index (χ0n) is 9.91. The van der Waals surface area contributed by atoms with Crippen molar-refractivity contribution < 1.29 is 0 Å². The Morgan fingerprint density at radius 3 is 2.93 bits per heavy atom. The van der Waals surface area contributed by atoms with Crippen molar-refractivity contribution in [3.05, 3.63) is 0 Å². The van der Waals surface area contributed by atoms with E-state index in [-0.39, 0.29) is 0 Å². The van der Waals surface area contributed by atoms with E-state index in [0.29, 0.717) is 12.0 Å². The Kier molecular flexibility index (Phi) is 4.00. The van der Waals surface area contributed by atoms with Crippen molar-refractivity contribution in [2.24, 2.45) is 11.7 Å². The van der Waals surface area contributed by atoms with Crippen LogP contribution in [0.1, 0.15) is 32.6 Å². The minimum absolute atomic E-state index is 0.417. The van der Waals surface area contributed by atoms with E-state index in [9.17, 15) is 0 Å². The first-order valence-electron chi connectivity index (χ1n) is 6.47. The predicted octanol–water partition coefficient (Wildman–Crippen LogP) is 0.798. The van der Waals surface area contributed by atoms with Crippen molar-refractivity contribution in [2.75, 3.05) is 26.2 Å². The second-order valence-corrected chi connectivity index (χ2v) is 5.26. The number of nitrogens with zero attached hydrogens (tertiary/aromatic N) is 1. The number of piperidine rings is 2. The van der Waals surface area contributed by atoms with Crippen LogP contribution in [0.2, 0.25) is 0 Å². The van der Waals surface area contributed by atoms with Gasteiger partial charge in [0.2, 0.25) is 0 Å². The van der Waals surface area contributed by atoms with E-state index in [1.165, 1.54) is 32.4 Å². The maximum atomic E-state index is 6.17. The lowest BCUT2D eigenvalue weighted by Crippen LogP contribution is -2.51. The number of nitrogens with two attached hydrogens (primary N) is 1. The van der Waals surface area contributed by atoms with Gasteiger partial charge in [-0.05, 0) is 45.2 Å². The van der Waals surface area contributed by atoms with Gasteiger partial charge in [-0.15, -0.1) is 0 Å². The molecule has 0 aromatic carbocycles. The third-order valence-corrected chi connectivity index (χ3v) is 4.08. The standard InChI is InChI=1S/C12H25N3/c1-10-4-2-3-7-15(10)9-11-8-14-6-5-12(11)13/h10-12,14H,2-9,13H2,1H3/t10-,11?,12+/m1/s1. The van der Waals surface area contributed by atoms with Crippen LogP contribution in [0.15, 0.2) is 0 Å². The average Bonchev–Trinajstić information content (AvgIpc) is 2.24. The van der Waals surface area contributed by atoms with E-state index in [4.69, 9.17) is 5.73 Å². The summed E-state index contributed by atoms with van der Waals surface area (Å²) in [6.45, 7) is 7.07. The van der Waals surface area contributed by atoms with E-state index in [0.717, 1.165) is 25.6 Å². The number of rotatable bonds is 2. The normalized spacial score (nSPS) is 39.2. The fourth-order valence-electron chi connectivity index (χ4n) is 2.87. The van der Waals surface area contributed by atoms with E-state index in [1.807, 2.05) is 0 Å². The smallest absolute Gasteiger partial charge is 0.0104 e. The van der Waals surface area contributed by atoms with Crippen molar-refractivity contribution in [1.29, 1.82) is 0 Å². The molecule has 3 N–H and O–H groups in total. The first kappa shape index (κ1) is 11.4. The van der Waals surface area contributed by atoms with Crippen LogP contribution in [-0.4, -0.2) is 43.2 Å². The molecule has 3 nitrogen and oxygen atoms in total. The van der Waals surface area contributed by atoms with Crippen LogP contribution in [0.3, 0.4) is 0 Å². The van der Waals surface area contributed by atoms with Crippen LogP contribution >= 0.6 is 0 Å². The highest BCUT2D eigenvalue weighted by Crippen LogP contribution is 2.19. The van der Waals surface area contributed by atoms with Gasteiger partial charge in [0.05, 0.1) is 0 Å². The van der Waals surface area contributed by atoms with Crippen LogP contribution in [0.25, 0.3) is 0 Å². The minimum Gasteiger partial charge on any atom is -0.327 e. The molecule has 1 unspecified atom stereocenters. The highest BCUT2D eigenvalue weighted by molar-refractivity contribution is 4.85. The molecule has 0 bridgehead atoms. The van der Waals surface area contributed by atoms with Crippen LogP contribution in [-0.2, 0) is 0 Å². The molecule has 0 amide bonds. The molecule has 2 aliphatic rings. The summed E-state index contributed by atoms with van der Waals surface area (Å²) < 4.78 is 0. The molecule has 3 atom stereocenters. The Balaban J connectivity index is 1.83. The molecule has 0 aromatic rings. The first-order valence-corrected chi connectivity index (χ1v) is 6.47. The molecule has 88 valence electrons. The zero-order chi connectivity index (χ0) is 10.7. The Morgan fingerprint density at radius 2 is 2.20 bits per heavy atom. The average molecular weight is 211 g/mol. The largest absolute Gasteiger partial charge is 0.327 e. The number of hydrogen-bond acceptors (Lipinski definition) is 3. The fraction of sp³-hybridized carbons (Fsp3) is 1.00. The molecule has 3 heteroatoms. The monoisotopic (exact) mass is 211 g/mol. The van der Waals surface area contributed by atoms with Crippen molar-refractivity contribution >= 4 is 0 Å². The van der Waals surface area contributed by atoms with Crippen LogP contribution in [0.5, 0.6) is 0 Å². The van der Waals surface area contributed by atoms with E-state index in [1.54, 1.807) is 0 Å². The zero-order valence-corrected chi connectivity index (χ0v) is 9.91. The molecule has 2 aliphatic heterocycles. The minimum atomic E-state index is 0.417. The summed E-state index contributed by atoms with van der Waals surface area (Å²) in [5, 5.41) is 3.46. The quantitative estimate of drug-likeness (QED) is 0.710. The van der Waals surface area contributed by atoms with Gasteiger partial charge in [0.15, 0.2) is 0 Å². The molecule has 0 aromatic heterocycles. The Morgan fingerprint density at radius 1 is 1.33 bits per heavy atom. The van der Waals surface area contributed by atoms with Crippen molar-refractivity contribution in [1.82, 2.24) is 10.2 Å². The summed E-state index contributed by atoms with van der Waals surface area (Å²) in [7, 11) is 0. The summed E-state index contributed by atoms with van der Waals surface area (Å²) in [5.74, 6) is 0.666. The highest BCUT2D eigenvalue weighted by atomic mass is 15.2. The summed E-state index contributed by atoms with van der Waals surface area (Å²) in [4.78, 5) is 2.64. The van der Waals surface area contributed by atoms with Crippen LogP contribution in [0, 0.1) is 5.92 Å². The van der Waals surface area contributed by atoms with E-state index < -0.39 is 0 Å². The van der Waals surface area contributed by atoms with Gasteiger partial charge in [-0.1, -0.05) is 6.42 Å². The topological polar surface area (TPSA) is 41.3 Å². The van der Waals surface area contributed by atoms with Crippen molar-refractivity contribution in [3.63, 3.8) is 0 Å². The van der Waals surface area contributed by atoms with Gasteiger partial charge in [-0.25, -0.2) is 0 Å². The summed E-state index contributed by atoms with van der Waals surface area (Å²) in [5.41, 5.74) is 6.17. The molecular weight excluding hydrogens is 186 g/mol. The Bertz CT molecular complexity index is 175. The number of hydrogen-bond donors (Lipinski definition) is 2. The first-order chi connectivity index (χ1) is 7.27. The third kappa shape index (κ3) is 2.92. The van der Waals surface area contributed by atoms with Crippen LogP contribution in [0.4, 0.5) is 0 Å². The van der Waals surface area contributed by atoms with Gasteiger partial charge in [0.1, 0.15) is 0 Å². The molecule has 15 heavy (non-hydrogen) atoms. The van der Waals surface area contributed by atoms with Crippen molar-refractivity contribution in [2.45, 2.75) is 44.7 Å². The molecule has 0 spiro atoms. The molecule has 2 fully saturated rings. The molecule has 2 saturated heterocycles. The van der Waals surface area contributed by atoms with Gasteiger partial charge < -0.3 is 16.0 Å². The van der Waals surface area contributed by atoms with Gasteiger partial charge >= 0.3 is 0 Å². The lowest BCUT2D eigenvalue weighted by atomic mass is 9.92. The second-order valence-electron chi connectivity index (χ2n) is 5.26. The number of likely N-dealkylation sites (tertiary alicyclic amines) is 1. The maximum Gasteiger partial charge on any atom is 0.0104 e. The second kappa shape index (κ2) is 5.28. The Labute approximate surface area is 93.4 Å². The van der Waals surface area contributed by atoms with Gasteiger partial charge in [0, 0.05) is 25.2 Å². The summed E-state index contributed by atoms with van der Waals surface area (Å²) in [6.07, 6.45) is 5.30. The lowest BCUT2D eigenvalue weighted by molar-refractivity contribution is 0.120. The van der Waals surface area contributed by atoms with Crippen LogP contribution < -0.4 is 11.1 Å². The van der Waals surface area contributed by atoms with E-state index in [2.05, 4.69) is 17.1 Å². The maximum absolute atomic E-state index is 6.17. The molecular formula is C12H25N3. The number of nitrogens with one attached hydrogen (secondary N) is 1. The van der Waals surface area contributed by atoms with E-state index >= 15 is 0 Å². The SMILES string of the molecule is C[C@@H]1CCCCN1CC1CNCC[C@@H]1N. The molecule has 2 rings (SSSR count).